The molecule has 1 aromatic heterocycles. The minimum Gasteiger partial charge on any atom is -0.436 e. The molecule has 0 saturated carbocycles. The van der Waals surface area contributed by atoms with Gasteiger partial charge < -0.3 is 10.1 Å². The number of nitrogens with one attached hydrogen (secondary N) is 1. The fourth-order valence-corrected chi connectivity index (χ4v) is 2.78. The van der Waals surface area contributed by atoms with Crippen LogP contribution in [0.3, 0.4) is 0 Å². The molecule has 0 radical (unpaired) electrons. The van der Waals surface area contributed by atoms with Crippen LogP contribution in [0.15, 0.2) is 36.7 Å². The van der Waals surface area contributed by atoms with Crippen LogP contribution < -0.4 is 10.1 Å². The van der Waals surface area contributed by atoms with Gasteiger partial charge in [0.2, 0.25) is 5.88 Å². The normalized spacial score (nSPS) is 10.7. The lowest BCUT2D eigenvalue weighted by Gasteiger charge is -2.08. The van der Waals surface area contributed by atoms with Gasteiger partial charge in [0.05, 0.1) is 0 Å². The standard InChI is InChI=1S/C21H30FN3O/c1-2-3-4-5-6-7-8-9-12-15-23-20-16-21(25-17-24-20)26-19-14-11-10-13-18(19)22/h10-11,13-14,16-17H,2-9,12,15H2,1H3,(H,23,24,25). The summed E-state index contributed by atoms with van der Waals surface area (Å²) in [4.78, 5) is 8.22. The Kier molecular flexibility index (Phi) is 9.47. The topological polar surface area (TPSA) is 47.0 Å². The lowest BCUT2D eigenvalue weighted by atomic mass is 10.1. The zero-order valence-corrected chi connectivity index (χ0v) is 15.7. The molecule has 26 heavy (non-hydrogen) atoms. The van der Waals surface area contributed by atoms with Gasteiger partial charge in [-0.1, -0.05) is 70.4 Å². The highest BCUT2D eigenvalue weighted by Gasteiger charge is 2.05. The highest BCUT2D eigenvalue weighted by molar-refractivity contribution is 5.38. The molecular weight excluding hydrogens is 329 g/mol. The fourth-order valence-electron chi connectivity index (χ4n) is 2.78. The first-order valence-electron chi connectivity index (χ1n) is 9.78. The van der Waals surface area contributed by atoms with Gasteiger partial charge in [-0.15, -0.1) is 0 Å². The van der Waals surface area contributed by atoms with E-state index in [4.69, 9.17) is 4.74 Å². The molecule has 0 aliphatic rings. The number of hydrogen-bond acceptors (Lipinski definition) is 4. The van der Waals surface area contributed by atoms with E-state index in [1.165, 1.54) is 63.8 Å². The number of benzene rings is 1. The van der Waals surface area contributed by atoms with E-state index in [-0.39, 0.29) is 5.75 Å². The Morgan fingerprint density at radius 3 is 2.35 bits per heavy atom. The zero-order valence-electron chi connectivity index (χ0n) is 15.7. The molecule has 0 saturated heterocycles. The number of rotatable bonds is 13. The number of para-hydroxylation sites is 1. The van der Waals surface area contributed by atoms with Crippen LogP contribution in [-0.2, 0) is 0 Å². The first-order chi connectivity index (χ1) is 12.8. The number of nitrogens with zero attached hydrogens (tertiary/aromatic N) is 2. The lowest BCUT2D eigenvalue weighted by molar-refractivity contribution is 0.427. The summed E-state index contributed by atoms with van der Waals surface area (Å²) in [6.45, 7) is 3.12. The highest BCUT2D eigenvalue weighted by Crippen LogP contribution is 2.23. The second kappa shape index (κ2) is 12.2. The predicted molar refractivity (Wildman–Crippen MR) is 104 cm³/mol. The third-order valence-corrected chi connectivity index (χ3v) is 4.28. The zero-order chi connectivity index (χ0) is 18.5. The largest absolute Gasteiger partial charge is 0.436 e. The smallest absolute Gasteiger partial charge is 0.224 e. The Hall–Kier alpha value is -2.17. The van der Waals surface area contributed by atoms with Crippen molar-refractivity contribution in [1.29, 1.82) is 0 Å². The van der Waals surface area contributed by atoms with Gasteiger partial charge in [-0.3, -0.25) is 0 Å². The minimum atomic E-state index is -0.407. The molecule has 0 spiro atoms. The van der Waals surface area contributed by atoms with Crippen LogP contribution in [-0.4, -0.2) is 16.5 Å². The molecule has 142 valence electrons. The van der Waals surface area contributed by atoms with Crippen molar-refractivity contribution < 1.29 is 9.13 Å². The van der Waals surface area contributed by atoms with Gasteiger partial charge in [-0.2, -0.15) is 0 Å². The summed E-state index contributed by atoms with van der Waals surface area (Å²) in [5.41, 5.74) is 0. The Morgan fingerprint density at radius 2 is 1.62 bits per heavy atom. The summed E-state index contributed by atoms with van der Waals surface area (Å²) in [6.07, 6.45) is 13.2. The SMILES string of the molecule is CCCCCCCCCCCNc1cc(Oc2ccccc2F)ncn1. The van der Waals surface area contributed by atoms with Crippen molar-refractivity contribution in [2.45, 2.75) is 64.7 Å². The number of ether oxygens (including phenoxy) is 1. The van der Waals surface area contributed by atoms with E-state index in [1.807, 2.05) is 0 Å². The summed E-state index contributed by atoms with van der Waals surface area (Å²) in [6, 6.07) is 7.98. The highest BCUT2D eigenvalue weighted by atomic mass is 19.1. The molecule has 5 heteroatoms. The van der Waals surface area contributed by atoms with E-state index < -0.39 is 5.82 Å². The van der Waals surface area contributed by atoms with Crippen LogP contribution in [0, 0.1) is 5.82 Å². The molecule has 1 heterocycles. The van der Waals surface area contributed by atoms with Crippen LogP contribution in [0.1, 0.15) is 64.7 Å². The van der Waals surface area contributed by atoms with Crippen LogP contribution in [0.4, 0.5) is 10.2 Å². The Balaban J connectivity index is 1.62. The van der Waals surface area contributed by atoms with Gasteiger partial charge in [-0.05, 0) is 18.6 Å². The van der Waals surface area contributed by atoms with E-state index in [1.54, 1.807) is 24.3 Å². The average molecular weight is 359 g/mol. The molecule has 0 fully saturated rings. The third-order valence-electron chi connectivity index (χ3n) is 4.28. The number of hydrogen-bond donors (Lipinski definition) is 1. The van der Waals surface area contributed by atoms with Gasteiger partial charge in [0.15, 0.2) is 11.6 Å². The second-order valence-corrected chi connectivity index (χ2v) is 6.53. The number of aromatic nitrogens is 2. The maximum Gasteiger partial charge on any atom is 0.224 e. The van der Waals surface area contributed by atoms with Crippen molar-refractivity contribution in [3.63, 3.8) is 0 Å². The van der Waals surface area contributed by atoms with E-state index >= 15 is 0 Å². The van der Waals surface area contributed by atoms with Crippen LogP contribution >= 0.6 is 0 Å². The monoisotopic (exact) mass is 359 g/mol. The first kappa shape index (κ1) is 20.1. The Bertz CT molecular complexity index is 636. The predicted octanol–water partition coefficient (Wildman–Crippen LogP) is 6.35. The number of halogens is 1. The summed E-state index contributed by atoms with van der Waals surface area (Å²) in [5.74, 6) is 0.789. The van der Waals surface area contributed by atoms with E-state index in [0.29, 0.717) is 11.7 Å². The maximum absolute atomic E-state index is 13.6. The minimum absolute atomic E-state index is 0.163. The van der Waals surface area contributed by atoms with E-state index in [9.17, 15) is 4.39 Å². The Labute approximate surface area is 156 Å². The van der Waals surface area contributed by atoms with Crippen LogP contribution in [0.5, 0.6) is 11.6 Å². The molecule has 4 nitrogen and oxygen atoms in total. The lowest BCUT2D eigenvalue weighted by Crippen LogP contribution is -2.04. The summed E-state index contributed by atoms with van der Waals surface area (Å²) in [5, 5.41) is 3.28. The molecule has 0 amide bonds. The third kappa shape index (κ3) is 7.81. The van der Waals surface area contributed by atoms with Gasteiger partial charge in [0, 0.05) is 12.6 Å². The number of unbranched alkanes of at least 4 members (excludes halogenated alkanes) is 8. The summed E-state index contributed by atoms with van der Waals surface area (Å²) >= 11 is 0. The quantitative estimate of drug-likeness (QED) is 0.423. The second-order valence-electron chi connectivity index (χ2n) is 6.53. The van der Waals surface area contributed by atoms with Crippen molar-refractivity contribution in [2.24, 2.45) is 0 Å². The molecule has 1 aromatic carbocycles. The Morgan fingerprint density at radius 1 is 0.923 bits per heavy atom. The molecule has 2 aromatic rings. The molecular formula is C21H30FN3O. The van der Waals surface area contributed by atoms with Gasteiger partial charge in [-0.25, -0.2) is 14.4 Å². The molecule has 0 unspecified atom stereocenters. The van der Waals surface area contributed by atoms with Gasteiger partial charge in [0.1, 0.15) is 12.1 Å². The van der Waals surface area contributed by atoms with Gasteiger partial charge in [0.25, 0.3) is 0 Å². The molecule has 2 rings (SSSR count). The molecule has 0 aliphatic carbocycles. The summed E-state index contributed by atoms with van der Waals surface area (Å²) < 4.78 is 19.1. The molecule has 0 aliphatic heterocycles. The average Bonchev–Trinajstić information content (AvgIpc) is 2.65. The number of anilines is 1. The van der Waals surface area contributed by atoms with Crippen molar-refractivity contribution in [2.75, 3.05) is 11.9 Å². The summed E-state index contributed by atoms with van der Waals surface area (Å²) in [7, 11) is 0. The fraction of sp³-hybridized carbons (Fsp3) is 0.524. The van der Waals surface area contributed by atoms with Crippen LogP contribution in [0.25, 0.3) is 0 Å². The maximum atomic E-state index is 13.6. The molecule has 1 N–H and O–H groups in total. The van der Waals surface area contributed by atoms with Crippen molar-refractivity contribution in [1.82, 2.24) is 9.97 Å². The first-order valence-corrected chi connectivity index (χ1v) is 9.78. The van der Waals surface area contributed by atoms with E-state index in [0.717, 1.165) is 13.0 Å². The van der Waals surface area contributed by atoms with Crippen molar-refractivity contribution >= 4 is 5.82 Å². The van der Waals surface area contributed by atoms with Gasteiger partial charge >= 0.3 is 0 Å². The molecule has 0 bridgehead atoms. The van der Waals surface area contributed by atoms with E-state index in [2.05, 4.69) is 22.2 Å². The van der Waals surface area contributed by atoms with Crippen molar-refractivity contribution in [3.8, 4) is 11.6 Å². The van der Waals surface area contributed by atoms with Crippen LogP contribution in [0.2, 0.25) is 0 Å². The molecule has 0 atom stereocenters. The van der Waals surface area contributed by atoms with Crippen molar-refractivity contribution in [3.05, 3.63) is 42.5 Å².